The first kappa shape index (κ1) is 13.9. The molecule has 1 aromatic heterocycles. The van der Waals surface area contributed by atoms with E-state index in [2.05, 4.69) is 10.2 Å². The van der Waals surface area contributed by atoms with Gasteiger partial charge in [-0.15, -0.1) is 22.0 Å². The van der Waals surface area contributed by atoms with E-state index >= 15 is 0 Å². The van der Waals surface area contributed by atoms with Gasteiger partial charge in [0, 0.05) is 11.5 Å². The summed E-state index contributed by atoms with van der Waals surface area (Å²) in [4.78, 5) is 24.5. The first-order valence-corrected chi connectivity index (χ1v) is 8.55. The van der Waals surface area contributed by atoms with E-state index in [-0.39, 0.29) is 17.0 Å². The Morgan fingerprint density at radius 2 is 2.45 bits per heavy atom. The number of hydrogen-bond acceptors (Lipinski definition) is 8. The normalized spacial score (nSPS) is 25.4. The van der Waals surface area contributed by atoms with Gasteiger partial charge in [0.1, 0.15) is 22.6 Å². The predicted molar refractivity (Wildman–Crippen MR) is 76.4 cm³/mol. The van der Waals surface area contributed by atoms with E-state index in [1.54, 1.807) is 5.51 Å². The van der Waals surface area contributed by atoms with Crippen LogP contribution in [0.15, 0.2) is 21.1 Å². The number of aromatic nitrogens is 2. The standard InChI is InChI=1S/C10H10N4O3S3/c11-5-7(15)14-6(9(16)17)4(1-18-8(5)14)2-19-10-13-12-3-20-10/h3,5,8H,1-2,11H2,(H,16,17)/t5-,8+/m1/s1. The molecule has 3 rings (SSSR count). The summed E-state index contributed by atoms with van der Waals surface area (Å²) in [5.41, 5.74) is 8.11. The molecule has 1 aromatic rings. The minimum atomic E-state index is -1.08. The smallest absolute Gasteiger partial charge is 0.352 e. The first-order chi connectivity index (χ1) is 9.59. The maximum Gasteiger partial charge on any atom is 0.352 e. The molecule has 2 aliphatic rings. The van der Waals surface area contributed by atoms with Crippen molar-refractivity contribution in [2.45, 2.75) is 15.8 Å². The van der Waals surface area contributed by atoms with Crippen LogP contribution in [0.2, 0.25) is 0 Å². The third kappa shape index (κ3) is 2.22. The van der Waals surface area contributed by atoms with Crippen LogP contribution in [0.3, 0.4) is 0 Å². The quantitative estimate of drug-likeness (QED) is 0.596. The van der Waals surface area contributed by atoms with Crippen LogP contribution in [0.1, 0.15) is 0 Å². The average Bonchev–Trinajstić information content (AvgIpc) is 2.96. The number of fused-ring (bicyclic) bond motifs is 1. The number of β-lactam (4-membered cyclic amide) rings is 1. The van der Waals surface area contributed by atoms with Gasteiger partial charge >= 0.3 is 5.97 Å². The Morgan fingerprint density at radius 1 is 1.65 bits per heavy atom. The van der Waals surface area contributed by atoms with Crippen LogP contribution in [0, 0.1) is 0 Å². The second-order valence-corrected chi connectivity index (χ2v) is 7.35. The number of nitrogens with zero attached hydrogens (tertiary/aromatic N) is 3. The number of carboxylic acid groups (broad SMARTS) is 1. The van der Waals surface area contributed by atoms with Crippen molar-refractivity contribution >= 4 is 46.7 Å². The molecule has 2 aliphatic heterocycles. The Labute approximate surface area is 126 Å². The van der Waals surface area contributed by atoms with E-state index < -0.39 is 12.0 Å². The Kier molecular flexibility index (Phi) is 3.71. The molecule has 0 saturated carbocycles. The van der Waals surface area contributed by atoms with E-state index in [0.29, 0.717) is 11.5 Å². The zero-order chi connectivity index (χ0) is 14.3. The average molecular weight is 330 g/mol. The van der Waals surface area contributed by atoms with Crippen LogP contribution >= 0.6 is 34.9 Å². The fourth-order valence-electron chi connectivity index (χ4n) is 2.07. The summed E-state index contributed by atoms with van der Waals surface area (Å²) in [6, 6.07) is -0.591. The maximum atomic E-state index is 11.8. The minimum absolute atomic E-state index is 0.0810. The summed E-state index contributed by atoms with van der Waals surface area (Å²) in [6.45, 7) is 0. The molecule has 1 fully saturated rings. The lowest BCUT2D eigenvalue weighted by atomic mass is 10.0. The summed E-state index contributed by atoms with van der Waals surface area (Å²) >= 11 is 4.33. The SMILES string of the molecule is N[C@@H]1C(=O)N2C(C(=O)O)=C(CSc3nncs3)CS[C@@H]12. The number of amides is 1. The fraction of sp³-hybridized carbons (Fsp3) is 0.400. The van der Waals surface area contributed by atoms with Crippen LogP contribution < -0.4 is 5.73 Å². The predicted octanol–water partition coefficient (Wildman–Crippen LogP) is 0.211. The lowest BCUT2D eigenvalue weighted by molar-refractivity contribution is -0.147. The lowest BCUT2D eigenvalue weighted by Crippen LogP contribution is -2.68. The van der Waals surface area contributed by atoms with Crippen LogP contribution in [0.4, 0.5) is 0 Å². The van der Waals surface area contributed by atoms with E-state index in [1.807, 2.05) is 0 Å². The number of carbonyl (C=O) groups excluding carboxylic acids is 1. The molecule has 3 heterocycles. The third-order valence-electron chi connectivity index (χ3n) is 3.00. The van der Waals surface area contributed by atoms with Gasteiger partial charge in [-0.25, -0.2) is 4.79 Å². The van der Waals surface area contributed by atoms with Gasteiger partial charge < -0.3 is 10.8 Å². The van der Waals surface area contributed by atoms with Crippen molar-refractivity contribution in [1.82, 2.24) is 15.1 Å². The minimum Gasteiger partial charge on any atom is -0.477 e. The van der Waals surface area contributed by atoms with Gasteiger partial charge in [0.2, 0.25) is 5.91 Å². The number of aliphatic carboxylic acids is 1. The van der Waals surface area contributed by atoms with Crippen LogP contribution in [-0.4, -0.2) is 55.0 Å². The van der Waals surface area contributed by atoms with E-state index in [1.165, 1.54) is 39.8 Å². The molecule has 0 bridgehead atoms. The van der Waals surface area contributed by atoms with Crippen molar-refractivity contribution in [2.75, 3.05) is 11.5 Å². The summed E-state index contributed by atoms with van der Waals surface area (Å²) in [7, 11) is 0. The number of rotatable bonds is 4. The highest BCUT2D eigenvalue weighted by Crippen LogP contribution is 2.40. The molecule has 0 radical (unpaired) electrons. The molecular weight excluding hydrogens is 320 g/mol. The molecule has 106 valence electrons. The van der Waals surface area contributed by atoms with E-state index in [4.69, 9.17) is 5.73 Å². The van der Waals surface area contributed by atoms with Gasteiger partial charge in [-0.05, 0) is 5.57 Å². The van der Waals surface area contributed by atoms with Crippen LogP contribution in [0.5, 0.6) is 0 Å². The highest BCUT2D eigenvalue weighted by atomic mass is 32.2. The summed E-state index contributed by atoms with van der Waals surface area (Å²) in [5, 5.41) is 16.7. The van der Waals surface area contributed by atoms with Crippen molar-refractivity contribution in [3.05, 3.63) is 16.8 Å². The summed E-state index contributed by atoms with van der Waals surface area (Å²) in [5.74, 6) is -0.355. The molecule has 7 nitrogen and oxygen atoms in total. The van der Waals surface area contributed by atoms with Gasteiger partial charge in [0.15, 0.2) is 4.34 Å². The van der Waals surface area contributed by atoms with Crippen LogP contribution in [0.25, 0.3) is 0 Å². The Balaban J connectivity index is 1.82. The molecule has 2 atom stereocenters. The molecule has 0 spiro atoms. The highest BCUT2D eigenvalue weighted by molar-refractivity contribution is 8.01. The molecule has 0 unspecified atom stereocenters. The lowest BCUT2D eigenvalue weighted by Gasteiger charge is -2.48. The summed E-state index contributed by atoms with van der Waals surface area (Å²) in [6.07, 6.45) is 0. The number of nitrogens with two attached hydrogens (primary N) is 1. The third-order valence-corrected chi connectivity index (χ3v) is 6.31. The zero-order valence-electron chi connectivity index (χ0n) is 10.1. The summed E-state index contributed by atoms with van der Waals surface area (Å²) < 4.78 is 0.779. The molecule has 1 saturated heterocycles. The molecular formula is C10H10N4O3S3. The number of hydrogen-bond donors (Lipinski definition) is 2. The number of carbonyl (C=O) groups is 2. The molecule has 0 aliphatic carbocycles. The Bertz CT molecular complexity index is 589. The van der Waals surface area contributed by atoms with Gasteiger partial charge in [-0.3, -0.25) is 9.69 Å². The van der Waals surface area contributed by atoms with E-state index in [0.717, 1.165) is 9.91 Å². The number of thioether (sulfide) groups is 2. The largest absolute Gasteiger partial charge is 0.477 e. The molecule has 3 N–H and O–H groups in total. The van der Waals surface area contributed by atoms with Crippen LogP contribution in [-0.2, 0) is 9.59 Å². The van der Waals surface area contributed by atoms with Gasteiger partial charge in [0.25, 0.3) is 0 Å². The zero-order valence-corrected chi connectivity index (χ0v) is 12.5. The molecule has 10 heteroatoms. The second-order valence-electron chi connectivity index (χ2n) is 4.19. The van der Waals surface area contributed by atoms with Crippen molar-refractivity contribution in [3.8, 4) is 0 Å². The maximum absolute atomic E-state index is 11.8. The van der Waals surface area contributed by atoms with Crippen molar-refractivity contribution < 1.29 is 14.7 Å². The van der Waals surface area contributed by atoms with Gasteiger partial charge in [0.05, 0.1) is 0 Å². The molecule has 0 aromatic carbocycles. The van der Waals surface area contributed by atoms with Crippen molar-refractivity contribution in [2.24, 2.45) is 5.73 Å². The Hall–Kier alpha value is -1.10. The first-order valence-electron chi connectivity index (χ1n) is 5.64. The fourth-order valence-corrected chi connectivity index (χ4v) is 4.99. The topological polar surface area (TPSA) is 109 Å². The number of carboxylic acids is 1. The monoisotopic (exact) mass is 330 g/mol. The second kappa shape index (κ2) is 5.35. The Morgan fingerprint density at radius 3 is 3.10 bits per heavy atom. The van der Waals surface area contributed by atoms with Gasteiger partial charge in [-0.2, -0.15) is 0 Å². The molecule has 1 amide bonds. The highest BCUT2D eigenvalue weighted by Gasteiger charge is 2.51. The van der Waals surface area contributed by atoms with Crippen molar-refractivity contribution in [1.29, 1.82) is 0 Å². The van der Waals surface area contributed by atoms with Crippen molar-refractivity contribution in [3.63, 3.8) is 0 Å². The van der Waals surface area contributed by atoms with Gasteiger partial charge in [-0.1, -0.05) is 23.1 Å². The molecule has 20 heavy (non-hydrogen) atoms. The van der Waals surface area contributed by atoms with E-state index in [9.17, 15) is 14.7 Å².